The summed E-state index contributed by atoms with van der Waals surface area (Å²) in [6.07, 6.45) is 4.55. The van der Waals surface area contributed by atoms with Gasteiger partial charge in [0.15, 0.2) is 0 Å². The molecule has 1 N–H and O–H groups in total. The van der Waals surface area contributed by atoms with Crippen molar-refractivity contribution < 1.29 is 19.4 Å². The van der Waals surface area contributed by atoms with Crippen molar-refractivity contribution in [1.82, 2.24) is 0 Å². The van der Waals surface area contributed by atoms with Crippen LogP contribution >= 0.6 is 0 Å². The Balaban J connectivity index is 2.98. The Kier molecular flexibility index (Phi) is 7.88. The summed E-state index contributed by atoms with van der Waals surface area (Å²) in [5.74, 6) is -2.66. The first-order valence-corrected chi connectivity index (χ1v) is 8.77. The predicted octanol–water partition coefficient (Wildman–Crippen LogP) is 4.79. The van der Waals surface area contributed by atoms with Gasteiger partial charge < -0.3 is 9.84 Å². The number of ether oxygens (including phenoxy) is 1. The number of hydrogen-bond donors (Lipinski definition) is 1. The zero-order valence-corrected chi connectivity index (χ0v) is 15.9. The van der Waals surface area contributed by atoms with Gasteiger partial charge in [-0.25, -0.2) is 0 Å². The standard InChI is InChI=1S/C21H30O4/c1-15(2)14-18(19(22)23)17(20(24)25-21(3,4)5)13-9-12-16-10-7-6-8-11-16/h6-12,15,17-18H,13-14H2,1-5H3,(H,22,23)/t17-,18+/m0/s1. The van der Waals surface area contributed by atoms with Crippen LogP contribution in [0.25, 0.3) is 6.08 Å². The summed E-state index contributed by atoms with van der Waals surface area (Å²) < 4.78 is 5.48. The Hall–Kier alpha value is -2.10. The summed E-state index contributed by atoms with van der Waals surface area (Å²) in [6, 6.07) is 9.72. The molecule has 2 atom stereocenters. The molecule has 1 aromatic rings. The molecule has 0 heterocycles. The van der Waals surface area contributed by atoms with Crippen LogP contribution in [0.5, 0.6) is 0 Å². The Morgan fingerprint density at radius 3 is 2.20 bits per heavy atom. The molecule has 138 valence electrons. The van der Waals surface area contributed by atoms with Crippen molar-refractivity contribution in [2.24, 2.45) is 17.8 Å². The second-order valence-electron chi connectivity index (χ2n) is 7.76. The average Bonchev–Trinajstić information content (AvgIpc) is 2.48. The third-order valence-electron chi connectivity index (χ3n) is 3.74. The van der Waals surface area contributed by atoms with Gasteiger partial charge in [-0.2, -0.15) is 0 Å². The predicted molar refractivity (Wildman–Crippen MR) is 100 cm³/mol. The molecule has 0 saturated carbocycles. The maximum Gasteiger partial charge on any atom is 0.310 e. The summed E-state index contributed by atoms with van der Waals surface area (Å²) in [4.78, 5) is 24.4. The molecule has 0 fully saturated rings. The van der Waals surface area contributed by atoms with Crippen LogP contribution in [0.2, 0.25) is 0 Å². The highest BCUT2D eigenvalue weighted by Gasteiger charge is 2.36. The molecule has 0 spiro atoms. The van der Waals surface area contributed by atoms with Crippen LogP contribution in [0.1, 0.15) is 53.0 Å². The Bertz CT molecular complexity index is 582. The summed E-state index contributed by atoms with van der Waals surface area (Å²) in [7, 11) is 0. The number of carboxylic acids is 1. The molecule has 4 nitrogen and oxygen atoms in total. The van der Waals surface area contributed by atoms with Crippen LogP contribution in [0.4, 0.5) is 0 Å². The largest absolute Gasteiger partial charge is 0.481 e. The number of benzene rings is 1. The maximum atomic E-state index is 12.6. The van der Waals surface area contributed by atoms with Crippen molar-refractivity contribution in [1.29, 1.82) is 0 Å². The number of carbonyl (C=O) groups is 2. The Morgan fingerprint density at radius 1 is 1.12 bits per heavy atom. The first-order chi connectivity index (χ1) is 11.6. The number of carboxylic acid groups (broad SMARTS) is 1. The number of aliphatic carboxylic acids is 1. The van der Waals surface area contributed by atoms with E-state index in [1.165, 1.54) is 0 Å². The van der Waals surface area contributed by atoms with E-state index in [4.69, 9.17) is 4.74 Å². The molecule has 0 aromatic heterocycles. The Morgan fingerprint density at radius 2 is 1.72 bits per heavy atom. The molecule has 25 heavy (non-hydrogen) atoms. The van der Waals surface area contributed by atoms with Crippen LogP contribution in [0.15, 0.2) is 36.4 Å². The fourth-order valence-electron chi connectivity index (χ4n) is 2.66. The summed E-state index contributed by atoms with van der Waals surface area (Å²) >= 11 is 0. The molecule has 0 saturated heterocycles. The van der Waals surface area contributed by atoms with Crippen molar-refractivity contribution in [2.75, 3.05) is 0 Å². The van der Waals surface area contributed by atoms with E-state index in [2.05, 4.69) is 0 Å². The van der Waals surface area contributed by atoms with E-state index < -0.39 is 29.4 Å². The van der Waals surface area contributed by atoms with Crippen LogP contribution in [-0.2, 0) is 14.3 Å². The second kappa shape index (κ2) is 9.40. The molecule has 0 amide bonds. The van der Waals surface area contributed by atoms with Crippen LogP contribution in [0, 0.1) is 17.8 Å². The third-order valence-corrected chi connectivity index (χ3v) is 3.74. The average molecular weight is 346 g/mol. The van der Waals surface area contributed by atoms with E-state index in [-0.39, 0.29) is 5.92 Å². The Labute approximate surface area is 150 Å². The van der Waals surface area contributed by atoms with Crippen LogP contribution in [0.3, 0.4) is 0 Å². The van der Waals surface area contributed by atoms with E-state index in [1.54, 1.807) is 20.8 Å². The molecule has 0 aliphatic rings. The van der Waals surface area contributed by atoms with E-state index in [0.717, 1.165) is 5.56 Å². The highest BCUT2D eigenvalue weighted by Crippen LogP contribution is 2.27. The first kappa shape index (κ1) is 20.9. The van der Waals surface area contributed by atoms with Crippen molar-refractivity contribution >= 4 is 18.0 Å². The minimum Gasteiger partial charge on any atom is -0.481 e. The summed E-state index contributed by atoms with van der Waals surface area (Å²) in [5.41, 5.74) is 0.375. The maximum absolute atomic E-state index is 12.6. The quantitative estimate of drug-likeness (QED) is 0.687. The lowest BCUT2D eigenvalue weighted by Gasteiger charge is -2.27. The van der Waals surface area contributed by atoms with E-state index in [0.29, 0.717) is 12.8 Å². The van der Waals surface area contributed by atoms with Gasteiger partial charge in [0.2, 0.25) is 0 Å². The molecule has 0 radical (unpaired) electrons. The molecule has 0 bridgehead atoms. The van der Waals surface area contributed by atoms with Gasteiger partial charge in [-0.15, -0.1) is 0 Å². The highest BCUT2D eigenvalue weighted by molar-refractivity contribution is 5.81. The molecule has 4 heteroatoms. The number of rotatable bonds is 8. The molecule has 1 aromatic carbocycles. The van der Waals surface area contributed by atoms with Crippen LogP contribution in [-0.4, -0.2) is 22.6 Å². The van der Waals surface area contributed by atoms with Gasteiger partial charge in [-0.1, -0.05) is 56.3 Å². The molecule has 0 unspecified atom stereocenters. The third kappa shape index (κ3) is 8.01. The van der Waals surface area contributed by atoms with Crippen molar-refractivity contribution in [3.05, 3.63) is 42.0 Å². The van der Waals surface area contributed by atoms with Crippen molar-refractivity contribution in [3.63, 3.8) is 0 Å². The number of allylic oxidation sites excluding steroid dienone is 1. The molecule has 1 rings (SSSR count). The monoisotopic (exact) mass is 346 g/mol. The first-order valence-electron chi connectivity index (χ1n) is 8.77. The lowest BCUT2D eigenvalue weighted by molar-refractivity contribution is -0.167. The van der Waals surface area contributed by atoms with Gasteiger partial charge in [0.05, 0.1) is 11.8 Å². The van der Waals surface area contributed by atoms with E-state index in [9.17, 15) is 14.7 Å². The lowest BCUT2D eigenvalue weighted by Crippen LogP contribution is -2.36. The van der Waals surface area contributed by atoms with Crippen LogP contribution < -0.4 is 0 Å². The van der Waals surface area contributed by atoms with Gasteiger partial charge in [-0.05, 0) is 45.1 Å². The van der Waals surface area contributed by atoms with Crippen molar-refractivity contribution in [2.45, 2.75) is 53.1 Å². The molecular weight excluding hydrogens is 316 g/mol. The fraction of sp³-hybridized carbons (Fsp3) is 0.524. The lowest BCUT2D eigenvalue weighted by atomic mass is 9.83. The number of carbonyl (C=O) groups excluding carboxylic acids is 1. The molecule has 0 aliphatic carbocycles. The van der Waals surface area contributed by atoms with Gasteiger partial charge in [0.1, 0.15) is 5.60 Å². The number of hydrogen-bond acceptors (Lipinski definition) is 3. The second-order valence-corrected chi connectivity index (χ2v) is 7.76. The smallest absolute Gasteiger partial charge is 0.310 e. The van der Waals surface area contributed by atoms with Crippen molar-refractivity contribution in [3.8, 4) is 0 Å². The fourth-order valence-corrected chi connectivity index (χ4v) is 2.66. The summed E-state index contributed by atoms with van der Waals surface area (Å²) in [6.45, 7) is 9.30. The number of esters is 1. The molecular formula is C21H30O4. The zero-order chi connectivity index (χ0) is 19.0. The zero-order valence-electron chi connectivity index (χ0n) is 15.9. The highest BCUT2D eigenvalue weighted by atomic mass is 16.6. The summed E-state index contributed by atoms with van der Waals surface area (Å²) in [5, 5.41) is 9.62. The minimum absolute atomic E-state index is 0.184. The van der Waals surface area contributed by atoms with E-state index in [1.807, 2.05) is 56.3 Å². The van der Waals surface area contributed by atoms with E-state index >= 15 is 0 Å². The normalized spacial score (nSPS) is 14.5. The molecule has 0 aliphatic heterocycles. The minimum atomic E-state index is -0.947. The SMILES string of the molecule is CC(C)C[C@@H](C(=O)O)[C@H](CC=Cc1ccccc1)C(=O)OC(C)(C)C. The topological polar surface area (TPSA) is 63.6 Å². The van der Waals surface area contributed by atoms with Gasteiger partial charge in [0, 0.05) is 0 Å². The van der Waals surface area contributed by atoms with Gasteiger partial charge >= 0.3 is 11.9 Å². The van der Waals surface area contributed by atoms with Gasteiger partial charge in [0.25, 0.3) is 0 Å². The van der Waals surface area contributed by atoms with Gasteiger partial charge in [-0.3, -0.25) is 9.59 Å².